The van der Waals surface area contributed by atoms with Crippen LogP contribution in [0.4, 0.5) is 5.82 Å². The van der Waals surface area contributed by atoms with Gasteiger partial charge in [-0.05, 0) is 31.2 Å². The quantitative estimate of drug-likeness (QED) is 0.601. The molecule has 0 aliphatic rings. The molecule has 3 aromatic heterocycles. The maximum absolute atomic E-state index is 12.7. The number of pyridine rings is 1. The Kier molecular flexibility index (Phi) is 4.03. The van der Waals surface area contributed by atoms with Crippen LogP contribution in [-0.4, -0.2) is 21.0 Å². The van der Waals surface area contributed by atoms with E-state index in [9.17, 15) is 4.79 Å². The molecule has 0 atom stereocenters. The summed E-state index contributed by atoms with van der Waals surface area (Å²) in [5.41, 5.74) is 1.64. The van der Waals surface area contributed by atoms with Crippen molar-refractivity contribution in [1.29, 1.82) is 0 Å². The Hall–Kier alpha value is -3.74. The highest BCUT2D eigenvalue weighted by Crippen LogP contribution is 2.30. The molecule has 0 spiro atoms. The van der Waals surface area contributed by atoms with Gasteiger partial charge in [-0.15, -0.1) is 0 Å². The maximum Gasteiger partial charge on any atom is 0.279 e. The van der Waals surface area contributed by atoms with Crippen molar-refractivity contribution in [2.75, 3.05) is 5.32 Å². The molecule has 7 heteroatoms. The highest BCUT2D eigenvalue weighted by Gasteiger charge is 2.23. The van der Waals surface area contributed by atoms with Gasteiger partial charge in [0.05, 0.1) is 0 Å². The summed E-state index contributed by atoms with van der Waals surface area (Å²) in [6, 6.07) is 14.5. The number of anilines is 1. The molecule has 26 heavy (non-hydrogen) atoms. The molecule has 7 nitrogen and oxygen atoms in total. The number of nitrogens with zero attached hydrogens (tertiary/aromatic N) is 3. The standard InChI is InChI=1S/C19H14N4O3/c1-12-11-15(23-26-12)21-18(24)16-17(13-7-9-20-10-8-13)25-19(22-16)14-5-3-2-4-6-14/h2-11H,1H3,(H,21,23,24). The number of aryl methyl sites for hydroxylation is 1. The number of nitrogens with one attached hydrogen (secondary N) is 1. The number of oxazole rings is 1. The van der Waals surface area contributed by atoms with Gasteiger partial charge in [-0.3, -0.25) is 9.78 Å². The zero-order valence-electron chi connectivity index (χ0n) is 13.8. The smallest absolute Gasteiger partial charge is 0.279 e. The molecule has 0 saturated carbocycles. The van der Waals surface area contributed by atoms with Crippen LogP contribution in [0.5, 0.6) is 0 Å². The molecule has 1 aromatic carbocycles. The van der Waals surface area contributed by atoms with Gasteiger partial charge in [-0.25, -0.2) is 4.98 Å². The first-order valence-electron chi connectivity index (χ1n) is 7.92. The third-order valence-electron chi connectivity index (χ3n) is 3.68. The van der Waals surface area contributed by atoms with E-state index in [0.717, 1.165) is 5.56 Å². The number of aromatic nitrogens is 3. The highest BCUT2D eigenvalue weighted by molar-refractivity contribution is 6.06. The number of rotatable bonds is 4. The first kappa shape index (κ1) is 15.8. The summed E-state index contributed by atoms with van der Waals surface area (Å²) in [5.74, 6) is 1.20. The summed E-state index contributed by atoms with van der Waals surface area (Å²) in [6.45, 7) is 1.74. The number of benzene rings is 1. The first-order chi connectivity index (χ1) is 12.7. The average molecular weight is 346 g/mol. The van der Waals surface area contributed by atoms with Gasteiger partial charge in [0.15, 0.2) is 17.3 Å². The van der Waals surface area contributed by atoms with Crippen LogP contribution in [-0.2, 0) is 0 Å². The normalized spacial score (nSPS) is 10.7. The van der Waals surface area contributed by atoms with Crippen LogP contribution in [0.2, 0.25) is 0 Å². The van der Waals surface area contributed by atoms with Crippen LogP contribution in [0.1, 0.15) is 16.2 Å². The van der Waals surface area contributed by atoms with Crippen molar-refractivity contribution in [1.82, 2.24) is 15.1 Å². The summed E-state index contributed by atoms with van der Waals surface area (Å²) in [5, 5.41) is 6.45. The predicted octanol–water partition coefficient (Wildman–Crippen LogP) is 3.95. The van der Waals surface area contributed by atoms with E-state index in [4.69, 9.17) is 8.94 Å². The van der Waals surface area contributed by atoms with Crippen molar-refractivity contribution in [3.63, 3.8) is 0 Å². The maximum atomic E-state index is 12.7. The second-order valence-corrected chi connectivity index (χ2v) is 5.58. The van der Waals surface area contributed by atoms with Crippen molar-refractivity contribution in [3.05, 3.63) is 72.4 Å². The van der Waals surface area contributed by atoms with Gasteiger partial charge in [0.2, 0.25) is 5.89 Å². The fourth-order valence-corrected chi connectivity index (χ4v) is 2.48. The number of carbonyl (C=O) groups is 1. The van der Waals surface area contributed by atoms with Crippen LogP contribution in [0.25, 0.3) is 22.8 Å². The fraction of sp³-hybridized carbons (Fsp3) is 0.0526. The van der Waals surface area contributed by atoms with E-state index >= 15 is 0 Å². The van der Waals surface area contributed by atoms with Crippen molar-refractivity contribution in [2.45, 2.75) is 6.92 Å². The van der Waals surface area contributed by atoms with Crippen LogP contribution in [0, 0.1) is 6.92 Å². The number of hydrogen-bond acceptors (Lipinski definition) is 6. The zero-order valence-corrected chi connectivity index (χ0v) is 13.8. The third kappa shape index (κ3) is 3.10. The molecule has 0 aliphatic carbocycles. The third-order valence-corrected chi connectivity index (χ3v) is 3.68. The molecule has 0 bridgehead atoms. The van der Waals surface area contributed by atoms with E-state index in [1.54, 1.807) is 37.5 Å². The summed E-state index contributed by atoms with van der Waals surface area (Å²) in [6.07, 6.45) is 3.26. The van der Waals surface area contributed by atoms with Crippen molar-refractivity contribution in [3.8, 4) is 22.8 Å². The van der Waals surface area contributed by atoms with Gasteiger partial charge in [-0.2, -0.15) is 0 Å². The first-order valence-corrected chi connectivity index (χ1v) is 7.92. The second kappa shape index (κ2) is 6.64. The Balaban J connectivity index is 1.76. The van der Waals surface area contributed by atoms with Crippen LogP contribution >= 0.6 is 0 Å². The van der Waals surface area contributed by atoms with E-state index < -0.39 is 5.91 Å². The van der Waals surface area contributed by atoms with E-state index in [0.29, 0.717) is 28.8 Å². The summed E-state index contributed by atoms with van der Waals surface area (Å²) >= 11 is 0. The zero-order chi connectivity index (χ0) is 17.9. The average Bonchev–Trinajstić information content (AvgIpc) is 3.30. The molecule has 0 aliphatic heterocycles. The molecular formula is C19H14N4O3. The minimum atomic E-state index is -0.434. The predicted molar refractivity (Wildman–Crippen MR) is 94.4 cm³/mol. The van der Waals surface area contributed by atoms with Crippen LogP contribution < -0.4 is 5.32 Å². The number of carbonyl (C=O) groups excluding carboxylic acids is 1. The molecule has 4 aromatic rings. The van der Waals surface area contributed by atoms with Crippen LogP contribution in [0.15, 0.2) is 69.9 Å². The van der Waals surface area contributed by atoms with E-state index in [-0.39, 0.29) is 5.69 Å². The molecule has 1 N–H and O–H groups in total. The Labute approximate surface area is 148 Å². The topological polar surface area (TPSA) is 94.1 Å². The summed E-state index contributed by atoms with van der Waals surface area (Å²) in [4.78, 5) is 21.1. The lowest BCUT2D eigenvalue weighted by Gasteiger charge is -2.00. The van der Waals surface area contributed by atoms with Gasteiger partial charge in [-0.1, -0.05) is 23.4 Å². The van der Waals surface area contributed by atoms with Gasteiger partial charge in [0, 0.05) is 29.6 Å². The molecule has 0 saturated heterocycles. The fourth-order valence-electron chi connectivity index (χ4n) is 2.48. The number of amides is 1. The van der Waals surface area contributed by atoms with Crippen molar-refractivity contribution < 1.29 is 13.7 Å². The lowest BCUT2D eigenvalue weighted by Crippen LogP contribution is -2.13. The Bertz CT molecular complexity index is 1040. The van der Waals surface area contributed by atoms with Crippen molar-refractivity contribution >= 4 is 11.7 Å². The minimum Gasteiger partial charge on any atom is -0.435 e. The summed E-state index contributed by atoms with van der Waals surface area (Å²) < 4.78 is 10.9. The van der Waals surface area contributed by atoms with Crippen molar-refractivity contribution in [2.24, 2.45) is 0 Å². The largest absolute Gasteiger partial charge is 0.435 e. The summed E-state index contributed by atoms with van der Waals surface area (Å²) in [7, 11) is 0. The Morgan fingerprint density at radius 1 is 1.04 bits per heavy atom. The van der Waals surface area contributed by atoms with Gasteiger partial charge in [0.1, 0.15) is 5.76 Å². The van der Waals surface area contributed by atoms with Gasteiger partial charge < -0.3 is 14.3 Å². The molecule has 0 unspecified atom stereocenters. The monoisotopic (exact) mass is 346 g/mol. The van der Waals surface area contributed by atoms with Crippen LogP contribution in [0.3, 0.4) is 0 Å². The van der Waals surface area contributed by atoms with E-state index in [2.05, 4.69) is 20.4 Å². The molecule has 0 fully saturated rings. The highest BCUT2D eigenvalue weighted by atomic mass is 16.5. The van der Waals surface area contributed by atoms with E-state index in [1.807, 2.05) is 30.3 Å². The Morgan fingerprint density at radius 3 is 2.50 bits per heavy atom. The Morgan fingerprint density at radius 2 is 1.81 bits per heavy atom. The molecule has 0 radical (unpaired) electrons. The molecule has 4 rings (SSSR count). The SMILES string of the molecule is Cc1cc(NC(=O)c2nc(-c3ccccc3)oc2-c2ccncc2)no1. The lowest BCUT2D eigenvalue weighted by atomic mass is 10.1. The molecule has 128 valence electrons. The lowest BCUT2D eigenvalue weighted by molar-refractivity contribution is 0.102. The molecule has 1 amide bonds. The second-order valence-electron chi connectivity index (χ2n) is 5.58. The van der Waals surface area contributed by atoms with Gasteiger partial charge in [0.25, 0.3) is 5.91 Å². The van der Waals surface area contributed by atoms with Gasteiger partial charge >= 0.3 is 0 Å². The van der Waals surface area contributed by atoms with E-state index in [1.165, 1.54) is 0 Å². The molecule has 3 heterocycles. The minimum absolute atomic E-state index is 0.163. The molecular weight excluding hydrogens is 332 g/mol. The number of hydrogen-bond donors (Lipinski definition) is 1.